The van der Waals surface area contributed by atoms with Gasteiger partial charge in [-0.05, 0) is 30.7 Å². The second kappa shape index (κ2) is 6.43. The number of carbonyl (C=O) groups excluding carboxylic acids is 2. The van der Waals surface area contributed by atoms with Gasteiger partial charge in [-0.25, -0.2) is 8.78 Å². The Hall–Kier alpha value is -2.70. The summed E-state index contributed by atoms with van der Waals surface area (Å²) in [6.45, 7) is 2.02. The SMILES string of the molecule is CCc1ccc(C(=O)N[C@H]2CCN(c3c(F)cccc3F)C2=O)o1. The van der Waals surface area contributed by atoms with Crippen molar-refractivity contribution < 1.29 is 22.8 Å². The van der Waals surface area contributed by atoms with Crippen LogP contribution in [0.2, 0.25) is 0 Å². The molecule has 0 bridgehead atoms. The number of aryl methyl sites for hydroxylation is 1. The average Bonchev–Trinajstić information content (AvgIpc) is 3.16. The van der Waals surface area contributed by atoms with Crippen LogP contribution < -0.4 is 10.2 Å². The molecule has 2 amide bonds. The van der Waals surface area contributed by atoms with E-state index in [-0.39, 0.29) is 24.4 Å². The molecule has 1 saturated heterocycles. The molecule has 0 saturated carbocycles. The first-order valence-electron chi connectivity index (χ1n) is 7.66. The summed E-state index contributed by atoms with van der Waals surface area (Å²) in [6.07, 6.45) is 0.912. The van der Waals surface area contributed by atoms with Crippen molar-refractivity contribution in [3.63, 3.8) is 0 Å². The molecular weight excluding hydrogens is 318 g/mol. The van der Waals surface area contributed by atoms with Gasteiger partial charge in [0.2, 0.25) is 5.91 Å². The molecule has 1 aromatic carbocycles. The standard InChI is InChI=1S/C17H16F2N2O3/c1-2-10-6-7-14(24-10)16(22)20-13-8-9-21(17(13)23)15-11(18)4-3-5-12(15)19/h3-7,13H,2,8-9H2,1H3,(H,20,22)/t13-/m0/s1. The van der Waals surface area contributed by atoms with Crippen molar-refractivity contribution in [3.05, 3.63) is 53.5 Å². The number of amides is 2. The lowest BCUT2D eigenvalue weighted by Crippen LogP contribution is -2.41. The molecule has 1 aliphatic rings. The van der Waals surface area contributed by atoms with Crippen molar-refractivity contribution in [1.29, 1.82) is 0 Å². The summed E-state index contributed by atoms with van der Waals surface area (Å²) in [5.74, 6) is -1.93. The molecule has 1 aliphatic heterocycles. The van der Waals surface area contributed by atoms with Crippen LogP contribution in [0.1, 0.15) is 29.7 Å². The molecule has 1 aromatic heterocycles. The van der Waals surface area contributed by atoms with Crippen LogP contribution in [0.15, 0.2) is 34.7 Å². The highest BCUT2D eigenvalue weighted by atomic mass is 19.1. The second-order valence-electron chi connectivity index (χ2n) is 5.49. The summed E-state index contributed by atoms with van der Waals surface area (Å²) in [6, 6.07) is 5.79. The van der Waals surface area contributed by atoms with E-state index in [1.165, 1.54) is 12.1 Å². The van der Waals surface area contributed by atoms with Gasteiger partial charge in [-0.1, -0.05) is 13.0 Å². The van der Waals surface area contributed by atoms with E-state index in [0.717, 1.165) is 17.0 Å². The third kappa shape index (κ3) is 2.89. The van der Waals surface area contributed by atoms with Crippen LogP contribution in [0.4, 0.5) is 14.5 Å². The molecule has 1 N–H and O–H groups in total. The van der Waals surface area contributed by atoms with E-state index in [4.69, 9.17) is 4.42 Å². The van der Waals surface area contributed by atoms with E-state index in [2.05, 4.69) is 5.32 Å². The minimum Gasteiger partial charge on any atom is -0.456 e. The predicted octanol–water partition coefficient (Wildman–Crippen LogP) is 2.66. The highest BCUT2D eigenvalue weighted by molar-refractivity contribution is 6.03. The summed E-state index contributed by atoms with van der Waals surface area (Å²) in [7, 11) is 0. The lowest BCUT2D eigenvalue weighted by atomic mass is 10.2. The van der Waals surface area contributed by atoms with Gasteiger partial charge in [-0.2, -0.15) is 0 Å². The maximum Gasteiger partial charge on any atom is 0.287 e. The van der Waals surface area contributed by atoms with Crippen LogP contribution in [0.3, 0.4) is 0 Å². The number of benzene rings is 1. The second-order valence-corrected chi connectivity index (χ2v) is 5.49. The minimum atomic E-state index is -0.841. The fourth-order valence-corrected chi connectivity index (χ4v) is 2.70. The van der Waals surface area contributed by atoms with E-state index in [1.807, 2.05) is 6.92 Å². The summed E-state index contributed by atoms with van der Waals surface area (Å²) < 4.78 is 33.0. The average molecular weight is 334 g/mol. The van der Waals surface area contributed by atoms with Gasteiger partial charge in [0, 0.05) is 13.0 Å². The number of carbonyl (C=O) groups is 2. The lowest BCUT2D eigenvalue weighted by molar-refractivity contribution is -0.118. The van der Waals surface area contributed by atoms with Gasteiger partial charge in [0.1, 0.15) is 29.1 Å². The van der Waals surface area contributed by atoms with Gasteiger partial charge in [0.15, 0.2) is 5.76 Å². The quantitative estimate of drug-likeness (QED) is 0.935. The Kier molecular flexibility index (Phi) is 4.33. The van der Waals surface area contributed by atoms with Crippen LogP contribution in [0.25, 0.3) is 0 Å². The first-order valence-corrected chi connectivity index (χ1v) is 7.66. The van der Waals surface area contributed by atoms with Crippen molar-refractivity contribution in [2.45, 2.75) is 25.8 Å². The Morgan fingerprint density at radius 3 is 2.62 bits per heavy atom. The maximum absolute atomic E-state index is 13.8. The van der Waals surface area contributed by atoms with E-state index < -0.39 is 29.5 Å². The van der Waals surface area contributed by atoms with Crippen LogP contribution in [0.5, 0.6) is 0 Å². The molecule has 0 radical (unpaired) electrons. The number of nitrogens with one attached hydrogen (secondary N) is 1. The summed E-state index contributed by atoms with van der Waals surface area (Å²) in [5, 5.41) is 2.55. The first kappa shape index (κ1) is 16.2. The number of furan rings is 1. The number of para-hydroxylation sites is 1. The summed E-state index contributed by atoms with van der Waals surface area (Å²) in [4.78, 5) is 25.5. The van der Waals surface area contributed by atoms with Crippen molar-refractivity contribution in [2.75, 3.05) is 11.4 Å². The Bertz CT molecular complexity index is 768. The zero-order chi connectivity index (χ0) is 17.3. The van der Waals surface area contributed by atoms with E-state index >= 15 is 0 Å². The van der Waals surface area contributed by atoms with Gasteiger partial charge in [0.05, 0.1) is 0 Å². The highest BCUT2D eigenvalue weighted by Gasteiger charge is 2.36. The summed E-state index contributed by atoms with van der Waals surface area (Å²) in [5.41, 5.74) is -0.384. The third-order valence-corrected chi connectivity index (χ3v) is 3.95. The molecule has 7 heteroatoms. The zero-order valence-electron chi connectivity index (χ0n) is 13.0. The van der Waals surface area contributed by atoms with Crippen molar-refractivity contribution in [2.24, 2.45) is 0 Å². The molecule has 2 heterocycles. The fraction of sp³-hybridized carbons (Fsp3) is 0.294. The first-order chi connectivity index (χ1) is 11.5. The number of hydrogen-bond donors (Lipinski definition) is 1. The molecule has 0 spiro atoms. The van der Waals surface area contributed by atoms with Crippen LogP contribution in [-0.2, 0) is 11.2 Å². The van der Waals surface area contributed by atoms with Gasteiger partial charge < -0.3 is 14.6 Å². The smallest absolute Gasteiger partial charge is 0.287 e. The van der Waals surface area contributed by atoms with Crippen LogP contribution in [0, 0.1) is 11.6 Å². The van der Waals surface area contributed by atoms with Crippen molar-refractivity contribution in [3.8, 4) is 0 Å². The van der Waals surface area contributed by atoms with Crippen LogP contribution in [-0.4, -0.2) is 24.4 Å². The van der Waals surface area contributed by atoms with Gasteiger partial charge >= 0.3 is 0 Å². The number of nitrogens with zero attached hydrogens (tertiary/aromatic N) is 1. The number of anilines is 1. The van der Waals surface area contributed by atoms with Gasteiger partial charge in [0.25, 0.3) is 5.91 Å². The highest BCUT2D eigenvalue weighted by Crippen LogP contribution is 2.27. The summed E-state index contributed by atoms with van der Waals surface area (Å²) >= 11 is 0. The maximum atomic E-state index is 13.8. The van der Waals surface area contributed by atoms with Gasteiger partial charge in [-0.3, -0.25) is 9.59 Å². The molecule has 126 valence electrons. The largest absolute Gasteiger partial charge is 0.456 e. The number of rotatable bonds is 4. The molecule has 5 nitrogen and oxygen atoms in total. The van der Waals surface area contributed by atoms with E-state index in [0.29, 0.717) is 12.2 Å². The van der Waals surface area contributed by atoms with E-state index in [9.17, 15) is 18.4 Å². The molecule has 24 heavy (non-hydrogen) atoms. The molecular formula is C17H16F2N2O3. The van der Waals surface area contributed by atoms with E-state index in [1.54, 1.807) is 6.07 Å². The third-order valence-electron chi connectivity index (χ3n) is 3.95. The molecule has 0 aliphatic carbocycles. The molecule has 1 atom stereocenters. The zero-order valence-corrected chi connectivity index (χ0v) is 13.0. The molecule has 1 fully saturated rings. The van der Waals surface area contributed by atoms with Crippen molar-refractivity contribution >= 4 is 17.5 Å². The Morgan fingerprint density at radius 1 is 1.29 bits per heavy atom. The topological polar surface area (TPSA) is 62.6 Å². The Morgan fingerprint density at radius 2 is 2.00 bits per heavy atom. The van der Waals surface area contributed by atoms with Gasteiger partial charge in [-0.15, -0.1) is 0 Å². The Balaban J connectivity index is 1.73. The molecule has 0 unspecified atom stereocenters. The van der Waals surface area contributed by atoms with Crippen LogP contribution >= 0.6 is 0 Å². The number of hydrogen-bond acceptors (Lipinski definition) is 3. The predicted molar refractivity (Wildman–Crippen MR) is 82.7 cm³/mol. The lowest BCUT2D eigenvalue weighted by Gasteiger charge is -2.18. The number of halogens is 2. The van der Waals surface area contributed by atoms with Crippen molar-refractivity contribution in [1.82, 2.24) is 5.32 Å². The molecule has 2 aromatic rings. The fourth-order valence-electron chi connectivity index (χ4n) is 2.70. The normalized spacial score (nSPS) is 17.4. The minimum absolute atomic E-state index is 0.107. The monoisotopic (exact) mass is 334 g/mol. The Labute approximate surface area is 137 Å². The molecule has 3 rings (SSSR count).